The quantitative estimate of drug-likeness (QED) is 0.647. The number of nitrogen functional groups attached to an aromatic ring is 1. The number of methoxy groups -OCH3 is 1. The fourth-order valence-corrected chi connectivity index (χ4v) is 2.53. The Morgan fingerprint density at radius 2 is 2.08 bits per heavy atom. The van der Waals surface area contributed by atoms with Crippen molar-refractivity contribution >= 4 is 52.0 Å². The summed E-state index contributed by atoms with van der Waals surface area (Å²) < 4.78 is 18.5. The van der Waals surface area contributed by atoms with Crippen LogP contribution in [0.2, 0.25) is 5.02 Å². The molecule has 2 aromatic carbocycles. The summed E-state index contributed by atoms with van der Waals surface area (Å²) in [6.07, 6.45) is 1.45. The Balaban J connectivity index is 0.00000225. The van der Waals surface area contributed by atoms with E-state index in [1.54, 1.807) is 12.1 Å². The lowest BCUT2D eigenvalue weighted by molar-refractivity contribution is 0.417. The Hall–Kier alpha value is -2.75. The van der Waals surface area contributed by atoms with E-state index in [1.807, 2.05) is 0 Å². The van der Waals surface area contributed by atoms with E-state index in [4.69, 9.17) is 22.1 Å². The molecule has 0 unspecified atom stereocenters. The Bertz CT molecular complexity index is 989. The summed E-state index contributed by atoms with van der Waals surface area (Å²) in [5, 5.41) is 13.1. The van der Waals surface area contributed by atoms with E-state index in [-0.39, 0.29) is 17.4 Å². The molecule has 0 aliphatic carbocycles. The fourth-order valence-electron chi connectivity index (χ4n) is 2.35. The highest BCUT2D eigenvalue weighted by molar-refractivity contribution is 6.31. The Morgan fingerprint density at radius 3 is 2.72 bits per heavy atom. The molecule has 0 aliphatic heterocycles. The van der Waals surface area contributed by atoms with E-state index in [2.05, 4.69) is 16.4 Å². The van der Waals surface area contributed by atoms with Crippen molar-refractivity contribution in [2.45, 2.75) is 0 Å². The number of nitrogens with two attached hydrogens (primary N) is 1. The van der Waals surface area contributed by atoms with E-state index < -0.39 is 5.82 Å². The topological polar surface area (TPSA) is 84.0 Å². The number of rotatable bonds is 3. The molecular weight excluding hydrogens is 366 g/mol. The third-order valence-electron chi connectivity index (χ3n) is 3.53. The lowest BCUT2D eigenvalue weighted by Gasteiger charge is -2.13. The summed E-state index contributed by atoms with van der Waals surface area (Å²) in [5.41, 5.74) is 8.37. The highest BCUT2D eigenvalue weighted by atomic mass is 35.5. The SMILES string of the molecule is COc1cc2ncc(C#N)c(Nc3ccc(F)c(Cl)c3)c2cc1N.Cl. The van der Waals surface area contributed by atoms with E-state index in [9.17, 15) is 9.65 Å². The minimum atomic E-state index is -0.517. The van der Waals surface area contributed by atoms with Crippen LogP contribution in [0.15, 0.2) is 36.5 Å². The summed E-state index contributed by atoms with van der Waals surface area (Å²) in [5.74, 6) is -0.0215. The molecule has 0 atom stereocenters. The zero-order valence-corrected chi connectivity index (χ0v) is 14.6. The highest BCUT2D eigenvalue weighted by Gasteiger charge is 2.13. The van der Waals surface area contributed by atoms with Crippen molar-refractivity contribution in [1.82, 2.24) is 4.98 Å². The van der Waals surface area contributed by atoms with Gasteiger partial charge in [0.2, 0.25) is 0 Å². The van der Waals surface area contributed by atoms with Crippen LogP contribution in [0.25, 0.3) is 10.9 Å². The summed E-state index contributed by atoms with van der Waals surface area (Å²) in [7, 11) is 1.51. The van der Waals surface area contributed by atoms with Gasteiger partial charge in [0.05, 0.1) is 34.6 Å². The molecule has 0 amide bonds. The van der Waals surface area contributed by atoms with Crippen LogP contribution in [0.3, 0.4) is 0 Å². The first-order chi connectivity index (χ1) is 11.5. The van der Waals surface area contributed by atoms with Gasteiger partial charge in [-0.25, -0.2) is 4.39 Å². The van der Waals surface area contributed by atoms with Crippen LogP contribution in [0.4, 0.5) is 21.5 Å². The van der Waals surface area contributed by atoms with Crippen LogP contribution < -0.4 is 15.8 Å². The number of pyridine rings is 1. The largest absolute Gasteiger partial charge is 0.495 e. The molecule has 3 rings (SSSR count). The number of halogens is 3. The molecule has 0 bridgehead atoms. The summed E-state index contributed by atoms with van der Waals surface area (Å²) in [4.78, 5) is 4.25. The zero-order chi connectivity index (χ0) is 17.3. The number of ether oxygens (including phenoxy) is 1. The Kier molecular flexibility index (Phi) is 5.52. The molecule has 5 nitrogen and oxygen atoms in total. The van der Waals surface area contributed by atoms with Crippen LogP contribution in [0.5, 0.6) is 5.75 Å². The van der Waals surface area contributed by atoms with Crippen molar-refractivity contribution in [2.24, 2.45) is 0 Å². The number of nitriles is 1. The predicted octanol–water partition coefficient (Wildman–Crippen LogP) is 4.66. The maximum Gasteiger partial charge on any atom is 0.143 e. The van der Waals surface area contributed by atoms with Crippen LogP contribution in [-0.2, 0) is 0 Å². The first kappa shape index (κ1) is 18.6. The van der Waals surface area contributed by atoms with Gasteiger partial charge in [-0.05, 0) is 24.3 Å². The van der Waals surface area contributed by atoms with Crippen molar-refractivity contribution in [1.29, 1.82) is 5.26 Å². The van der Waals surface area contributed by atoms with Gasteiger partial charge in [-0.1, -0.05) is 11.6 Å². The van der Waals surface area contributed by atoms with Crippen molar-refractivity contribution in [2.75, 3.05) is 18.2 Å². The number of hydrogen-bond acceptors (Lipinski definition) is 5. The molecule has 25 heavy (non-hydrogen) atoms. The molecule has 3 N–H and O–H groups in total. The maximum atomic E-state index is 13.3. The smallest absolute Gasteiger partial charge is 0.143 e. The molecule has 0 spiro atoms. The maximum absolute atomic E-state index is 13.3. The molecule has 128 valence electrons. The van der Waals surface area contributed by atoms with E-state index in [1.165, 1.54) is 31.5 Å². The number of aromatic nitrogens is 1. The molecule has 0 saturated heterocycles. The molecule has 1 heterocycles. The number of hydrogen-bond donors (Lipinski definition) is 2. The van der Waals surface area contributed by atoms with Crippen LogP contribution in [0, 0.1) is 17.1 Å². The van der Waals surface area contributed by atoms with Gasteiger partial charge in [0.15, 0.2) is 0 Å². The molecule has 0 saturated carbocycles. The number of nitrogens with zero attached hydrogens (tertiary/aromatic N) is 2. The standard InChI is InChI=1S/C17H12ClFN4O.ClH/c1-24-16-6-15-11(5-14(16)21)17(9(7-20)8-22-15)23-10-2-3-13(19)12(18)4-10;/h2-6,8H,21H2,1H3,(H,22,23);1H. The first-order valence-electron chi connectivity index (χ1n) is 6.92. The average molecular weight is 379 g/mol. The van der Waals surface area contributed by atoms with Gasteiger partial charge in [0, 0.05) is 23.3 Å². The number of nitrogens with one attached hydrogen (secondary N) is 1. The van der Waals surface area contributed by atoms with Crippen molar-refractivity contribution < 1.29 is 9.13 Å². The van der Waals surface area contributed by atoms with Gasteiger partial charge in [-0.15, -0.1) is 12.4 Å². The number of fused-ring (bicyclic) bond motifs is 1. The van der Waals surface area contributed by atoms with Gasteiger partial charge in [0.1, 0.15) is 17.6 Å². The summed E-state index contributed by atoms with van der Waals surface area (Å²) in [6.45, 7) is 0. The summed E-state index contributed by atoms with van der Waals surface area (Å²) in [6, 6.07) is 9.66. The van der Waals surface area contributed by atoms with Crippen LogP contribution in [-0.4, -0.2) is 12.1 Å². The second kappa shape index (κ2) is 7.43. The van der Waals surface area contributed by atoms with Crippen molar-refractivity contribution in [3.63, 3.8) is 0 Å². The molecule has 8 heteroatoms. The second-order valence-electron chi connectivity index (χ2n) is 5.02. The summed E-state index contributed by atoms with van der Waals surface area (Å²) >= 11 is 5.81. The van der Waals surface area contributed by atoms with Crippen molar-refractivity contribution in [3.05, 3.63) is 52.9 Å². The zero-order valence-electron chi connectivity index (χ0n) is 13.0. The number of benzene rings is 2. The highest BCUT2D eigenvalue weighted by Crippen LogP contribution is 2.34. The van der Waals surface area contributed by atoms with Gasteiger partial charge < -0.3 is 15.8 Å². The molecule has 3 aromatic rings. The van der Waals surface area contributed by atoms with Gasteiger partial charge >= 0.3 is 0 Å². The second-order valence-corrected chi connectivity index (χ2v) is 5.43. The average Bonchev–Trinajstić information content (AvgIpc) is 2.58. The Labute approximate surface area is 154 Å². The third kappa shape index (κ3) is 3.53. The molecule has 0 radical (unpaired) electrons. The van der Waals surface area contributed by atoms with Crippen LogP contribution >= 0.6 is 24.0 Å². The monoisotopic (exact) mass is 378 g/mol. The third-order valence-corrected chi connectivity index (χ3v) is 3.82. The lowest BCUT2D eigenvalue weighted by Crippen LogP contribution is -1.99. The lowest BCUT2D eigenvalue weighted by atomic mass is 10.1. The predicted molar refractivity (Wildman–Crippen MR) is 99.4 cm³/mol. The van der Waals surface area contributed by atoms with Gasteiger partial charge in [-0.3, -0.25) is 4.98 Å². The first-order valence-corrected chi connectivity index (χ1v) is 7.29. The molecule has 1 aromatic heterocycles. The van der Waals surface area contributed by atoms with Crippen LogP contribution in [0.1, 0.15) is 5.56 Å². The number of anilines is 3. The van der Waals surface area contributed by atoms with Gasteiger partial charge in [0.25, 0.3) is 0 Å². The molecule has 0 fully saturated rings. The minimum Gasteiger partial charge on any atom is -0.495 e. The Morgan fingerprint density at radius 1 is 1.32 bits per heavy atom. The fraction of sp³-hybridized carbons (Fsp3) is 0.0588. The van der Waals surface area contributed by atoms with E-state index >= 15 is 0 Å². The normalized spacial score (nSPS) is 10.0. The van der Waals surface area contributed by atoms with Crippen molar-refractivity contribution in [3.8, 4) is 11.8 Å². The van der Waals surface area contributed by atoms with E-state index in [0.29, 0.717) is 39.3 Å². The molecular formula is C17H13Cl2FN4O. The molecule has 0 aliphatic rings. The van der Waals surface area contributed by atoms with Gasteiger partial charge in [-0.2, -0.15) is 5.26 Å². The van der Waals surface area contributed by atoms with E-state index in [0.717, 1.165) is 0 Å². The minimum absolute atomic E-state index is 0.